The van der Waals surface area contributed by atoms with E-state index in [1.807, 2.05) is 71.2 Å². The Morgan fingerprint density at radius 2 is 1.86 bits per heavy atom. The van der Waals surface area contributed by atoms with E-state index in [9.17, 15) is 14.7 Å². The van der Waals surface area contributed by atoms with E-state index in [2.05, 4.69) is 10.4 Å². The fourth-order valence-corrected chi connectivity index (χ4v) is 5.74. The van der Waals surface area contributed by atoms with Crippen LogP contribution in [0.15, 0.2) is 72.9 Å². The molecule has 0 radical (unpaired) electrons. The van der Waals surface area contributed by atoms with Gasteiger partial charge in [0.05, 0.1) is 18.3 Å². The van der Waals surface area contributed by atoms with Crippen LogP contribution in [0.5, 0.6) is 23.0 Å². The smallest absolute Gasteiger partial charge is 0.225 e. The Morgan fingerprint density at radius 3 is 2.67 bits per heavy atom. The zero-order valence-electron chi connectivity index (χ0n) is 24.3. The molecule has 43 heavy (non-hydrogen) atoms. The van der Waals surface area contributed by atoms with Gasteiger partial charge in [-0.1, -0.05) is 24.3 Å². The first-order valence-electron chi connectivity index (χ1n) is 14.8. The first-order valence-corrected chi connectivity index (χ1v) is 14.8. The van der Waals surface area contributed by atoms with Crippen LogP contribution in [0, 0.1) is 6.92 Å². The largest absolute Gasteiger partial charge is 0.504 e. The van der Waals surface area contributed by atoms with Gasteiger partial charge in [-0.15, -0.1) is 0 Å². The molecule has 4 aromatic rings. The van der Waals surface area contributed by atoms with Gasteiger partial charge in [0, 0.05) is 38.7 Å². The molecule has 2 N–H and O–H groups in total. The summed E-state index contributed by atoms with van der Waals surface area (Å²) >= 11 is 0. The average Bonchev–Trinajstić information content (AvgIpc) is 3.44. The quantitative estimate of drug-likeness (QED) is 0.350. The molecule has 2 amide bonds. The summed E-state index contributed by atoms with van der Waals surface area (Å²) in [6.45, 7) is 4.02. The van der Waals surface area contributed by atoms with E-state index < -0.39 is 0 Å². The normalized spacial score (nSPS) is 17.0. The molecule has 6 heterocycles. The zero-order valence-corrected chi connectivity index (χ0v) is 24.3. The van der Waals surface area contributed by atoms with Crippen molar-refractivity contribution in [2.24, 2.45) is 0 Å². The minimum atomic E-state index is -0.264. The van der Waals surface area contributed by atoms with Crippen LogP contribution in [0.2, 0.25) is 0 Å². The number of hydrogen-bond acceptors (Lipinski definition) is 6. The van der Waals surface area contributed by atoms with Crippen LogP contribution in [0.1, 0.15) is 53.3 Å². The third-order valence-electron chi connectivity index (χ3n) is 7.99. The number of phenols is 1. The predicted molar refractivity (Wildman–Crippen MR) is 161 cm³/mol. The molecular weight excluding hydrogens is 544 g/mol. The van der Waals surface area contributed by atoms with Crippen molar-refractivity contribution in [3.63, 3.8) is 0 Å². The Bertz CT molecular complexity index is 1610. The summed E-state index contributed by atoms with van der Waals surface area (Å²) in [6, 6.07) is 20.7. The third kappa shape index (κ3) is 6.66. The summed E-state index contributed by atoms with van der Waals surface area (Å²) in [7, 11) is 0. The van der Waals surface area contributed by atoms with Crippen LogP contribution < -0.4 is 14.8 Å². The van der Waals surface area contributed by atoms with Crippen molar-refractivity contribution >= 4 is 11.8 Å². The molecule has 5 aliphatic heterocycles. The molecular formula is C34H36N4O5. The lowest BCUT2D eigenvalue weighted by Crippen LogP contribution is -2.41. The van der Waals surface area contributed by atoms with Crippen molar-refractivity contribution in [1.82, 2.24) is 20.0 Å². The molecule has 0 saturated carbocycles. The second kappa shape index (κ2) is 12.6. The lowest BCUT2D eigenvalue weighted by atomic mass is 9.87. The molecule has 0 saturated heterocycles. The maximum Gasteiger partial charge on any atom is 0.225 e. The average molecular weight is 581 g/mol. The number of carbonyl (C=O) groups is 2. The molecule has 0 aliphatic carbocycles. The Kier molecular flexibility index (Phi) is 8.31. The standard InChI is InChI=1S/C34H36N4O5/c1-23-13-17-37(36-23)18-15-33(41)38-19-14-26-22-28-9-10-29(26)34(38)25-5-7-27(8-6-25)42-20-2-16-35-32(40)12-4-24-3-11-30(39)31(21-24)43-28/h3,5-11,13,17,21-22,34,39H,2,4,12,14-16,18-20H2,1H3,(H,35,40). The highest BCUT2D eigenvalue weighted by Gasteiger charge is 2.32. The van der Waals surface area contributed by atoms with Crippen LogP contribution in [-0.2, 0) is 29.0 Å². The van der Waals surface area contributed by atoms with Crippen molar-refractivity contribution in [2.75, 3.05) is 19.7 Å². The molecule has 9 rings (SSSR count). The molecule has 1 aromatic heterocycles. The van der Waals surface area contributed by atoms with Gasteiger partial charge in [0.25, 0.3) is 0 Å². The Balaban J connectivity index is 1.32. The molecule has 9 heteroatoms. The van der Waals surface area contributed by atoms with Crippen LogP contribution in [0.25, 0.3) is 0 Å². The number of benzene rings is 3. The van der Waals surface area contributed by atoms with Gasteiger partial charge in [-0.3, -0.25) is 14.3 Å². The van der Waals surface area contributed by atoms with Crippen molar-refractivity contribution in [1.29, 1.82) is 0 Å². The van der Waals surface area contributed by atoms with Gasteiger partial charge in [0.1, 0.15) is 11.5 Å². The molecule has 9 nitrogen and oxygen atoms in total. The summed E-state index contributed by atoms with van der Waals surface area (Å²) in [5.74, 6) is 1.76. The van der Waals surface area contributed by atoms with Gasteiger partial charge in [-0.05, 0) is 90.9 Å². The van der Waals surface area contributed by atoms with Crippen molar-refractivity contribution in [3.8, 4) is 23.0 Å². The van der Waals surface area contributed by atoms with Crippen molar-refractivity contribution in [3.05, 3.63) is 101 Å². The van der Waals surface area contributed by atoms with Crippen LogP contribution in [0.4, 0.5) is 0 Å². The first kappa shape index (κ1) is 28.3. The van der Waals surface area contributed by atoms with Gasteiger partial charge in [-0.25, -0.2) is 0 Å². The number of aromatic hydroxyl groups is 1. The van der Waals surface area contributed by atoms with E-state index in [0.717, 1.165) is 33.7 Å². The van der Waals surface area contributed by atoms with Crippen LogP contribution in [0.3, 0.4) is 0 Å². The van der Waals surface area contributed by atoms with E-state index in [4.69, 9.17) is 9.47 Å². The molecule has 0 fully saturated rings. The number of ether oxygens (including phenoxy) is 2. The maximum atomic E-state index is 13.7. The molecule has 0 spiro atoms. The summed E-state index contributed by atoms with van der Waals surface area (Å²) in [4.78, 5) is 28.0. The molecule has 5 aliphatic rings. The second-order valence-corrected chi connectivity index (χ2v) is 11.1. The van der Waals surface area contributed by atoms with Crippen LogP contribution >= 0.6 is 0 Å². The van der Waals surface area contributed by atoms with E-state index in [-0.39, 0.29) is 23.6 Å². The molecule has 1 atom stereocenters. The monoisotopic (exact) mass is 580 g/mol. The predicted octanol–water partition coefficient (Wildman–Crippen LogP) is 5.09. The van der Waals surface area contributed by atoms with E-state index in [1.54, 1.807) is 18.2 Å². The SMILES string of the molecule is Cc1ccn(CCC(=O)N2CCc3cc4ccc3C2c2ccc(cc2)OCCCNC(=O)CCc2ccc(O)c(c2)O4)n1. The maximum absolute atomic E-state index is 13.7. The molecule has 1 unspecified atom stereocenters. The van der Waals surface area contributed by atoms with Crippen molar-refractivity contribution in [2.45, 2.75) is 51.6 Å². The van der Waals surface area contributed by atoms with Gasteiger partial charge in [-0.2, -0.15) is 5.10 Å². The fraction of sp³-hybridized carbons (Fsp3) is 0.324. The number of nitrogens with zero attached hydrogens (tertiary/aromatic N) is 3. The van der Waals surface area contributed by atoms with E-state index in [1.165, 1.54) is 0 Å². The Labute approximate surface area is 251 Å². The fourth-order valence-electron chi connectivity index (χ4n) is 5.74. The summed E-state index contributed by atoms with van der Waals surface area (Å²) in [6.07, 6.45) is 4.47. The Hall–Kier alpha value is -4.79. The lowest BCUT2D eigenvalue weighted by molar-refractivity contribution is -0.133. The molecule has 3 aromatic carbocycles. The zero-order chi connectivity index (χ0) is 29.8. The van der Waals surface area contributed by atoms with Gasteiger partial charge >= 0.3 is 0 Å². The first-order chi connectivity index (χ1) is 20.9. The topological polar surface area (TPSA) is 106 Å². The lowest BCUT2D eigenvalue weighted by Gasteiger charge is -2.38. The van der Waals surface area contributed by atoms with Gasteiger partial charge < -0.3 is 24.8 Å². The number of carbonyl (C=O) groups excluding carboxylic acids is 2. The summed E-state index contributed by atoms with van der Waals surface area (Å²) in [5, 5.41) is 17.9. The van der Waals surface area contributed by atoms with E-state index in [0.29, 0.717) is 69.8 Å². The summed E-state index contributed by atoms with van der Waals surface area (Å²) in [5.41, 5.74) is 4.96. The number of aryl methyl sites for hydroxylation is 3. The highest BCUT2D eigenvalue weighted by atomic mass is 16.5. The minimum Gasteiger partial charge on any atom is -0.504 e. The molecule has 222 valence electrons. The number of nitrogens with one attached hydrogen (secondary N) is 1. The summed E-state index contributed by atoms with van der Waals surface area (Å²) < 4.78 is 13.9. The number of hydrogen-bond donors (Lipinski definition) is 2. The number of phenolic OH excluding ortho intramolecular Hbond substituents is 1. The Morgan fingerprint density at radius 1 is 1.02 bits per heavy atom. The van der Waals surface area contributed by atoms with Gasteiger partial charge in [0.15, 0.2) is 11.5 Å². The van der Waals surface area contributed by atoms with E-state index >= 15 is 0 Å². The number of amides is 2. The van der Waals surface area contributed by atoms with Crippen LogP contribution in [-0.4, -0.2) is 51.3 Å². The van der Waals surface area contributed by atoms with Crippen molar-refractivity contribution < 1.29 is 24.2 Å². The highest BCUT2D eigenvalue weighted by Crippen LogP contribution is 2.39. The third-order valence-corrected chi connectivity index (χ3v) is 7.99. The number of rotatable bonds is 3. The minimum absolute atomic E-state index is 0.0331. The highest BCUT2D eigenvalue weighted by molar-refractivity contribution is 5.78. The van der Waals surface area contributed by atoms with Gasteiger partial charge in [0.2, 0.25) is 11.8 Å². The number of aromatic nitrogens is 2. The second-order valence-electron chi connectivity index (χ2n) is 11.1. The molecule has 8 bridgehead atoms.